The topological polar surface area (TPSA) is 79.8 Å². The number of methoxy groups -OCH3 is 1. The second kappa shape index (κ2) is 8.33. The Bertz CT molecular complexity index is 794. The fraction of sp³-hybridized carbons (Fsp3) is 0.0625. The normalized spacial score (nSPS) is 10.5. The lowest BCUT2D eigenvalue weighted by molar-refractivity contribution is -0.136. The van der Waals surface area contributed by atoms with Gasteiger partial charge in [-0.1, -0.05) is 41.4 Å². The number of amides is 2. The first-order chi connectivity index (χ1) is 11.5. The van der Waals surface area contributed by atoms with E-state index in [9.17, 15) is 9.59 Å². The summed E-state index contributed by atoms with van der Waals surface area (Å²) in [5.41, 5.74) is 3.13. The van der Waals surface area contributed by atoms with Gasteiger partial charge in [-0.3, -0.25) is 9.59 Å². The van der Waals surface area contributed by atoms with E-state index >= 15 is 0 Å². The molecule has 124 valence electrons. The molecule has 8 heteroatoms. The molecule has 2 N–H and O–H groups in total. The van der Waals surface area contributed by atoms with Crippen molar-refractivity contribution in [3.8, 4) is 5.75 Å². The van der Waals surface area contributed by atoms with E-state index in [1.54, 1.807) is 42.5 Å². The van der Waals surface area contributed by atoms with Crippen molar-refractivity contribution in [2.45, 2.75) is 0 Å². The molecule has 0 unspecified atom stereocenters. The Kier molecular flexibility index (Phi) is 6.17. The van der Waals surface area contributed by atoms with Crippen LogP contribution in [0.3, 0.4) is 0 Å². The molecule has 0 aliphatic rings. The molecular weight excluding hydrogens is 353 g/mol. The largest absolute Gasteiger partial charge is 0.495 e. The van der Waals surface area contributed by atoms with E-state index in [1.165, 1.54) is 13.3 Å². The summed E-state index contributed by atoms with van der Waals surface area (Å²) in [6, 6.07) is 11.6. The van der Waals surface area contributed by atoms with Crippen molar-refractivity contribution in [3.05, 3.63) is 58.1 Å². The van der Waals surface area contributed by atoms with Crippen molar-refractivity contribution < 1.29 is 14.3 Å². The van der Waals surface area contributed by atoms with Crippen LogP contribution in [0.4, 0.5) is 5.69 Å². The molecule has 2 aromatic rings. The van der Waals surface area contributed by atoms with Crippen LogP contribution in [-0.4, -0.2) is 25.1 Å². The lowest BCUT2D eigenvalue weighted by atomic mass is 10.2. The maximum atomic E-state index is 11.8. The number of ether oxygens (including phenoxy) is 1. The van der Waals surface area contributed by atoms with E-state index < -0.39 is 11.8 Å². The highest BCUT2D eigenvalue weighted by Gasteiger charge is 2.14. The molecule has 0 spiro atoms. The summed E-state index contributed by atoms with van der Waals surface area (Å²) in [6.45, 7) is 0. The van der Waals surface area contributed by atoms with Crippen molar-refractivity contribution in [2.24, 2.45) is 5.10 Å². The van der Waals surface area contributed by atoms with Crippen LogP contribution in [0.25, 0.3) is 0 Å². The standard InChI is InChI=1S/C16H13Cl2N3O3/c1-24-14-5-3-2-4-13(14)20-15(22)16(23)21-19-9-10-6-7-11(17)12(18)8-10/h2-9H,1H3,(H,20,22)(H,21,23)/b19-9+. The zero-order valence-corrected chi connectivity index (χ0v) is 14.1. The van der Waals surface area contributed by atoms with Crippen LogP contribution in [0.1, 0.15) is 5.56 Å². The molecule has 6 nitrogen and oxygen atoms in total. The van der Waals surface area contributed by atoms with Crippen LogP contribution < -0.4 is 15.5 Å². The third-order valence-corrected chi connectivity index (χ3v) is 3.62. The Morgan fingerprint density at radius 1 is 1.08 bits per heavy atom. The minimum Gasteiger partial charge on any atom is -0.495 e. The molecule has 0 saturated carbocycles. The second-order valence-corrected chi connectivity index (χ2v) is 5.34. The number of carbonyl (C=O) groups excluding carboxylic acids is 2. The molecule has 2 amide bonds. The van der Waals surface area contributed by atoms with Gasteiger partial charge < -0.3 is 10.1 Å². The first-order valence-corrected chi connectivity index (χ1v) is 7.49. The highest BCUT2D eigenvalue weighted by molar-refractivity contribution is 6.42. The molecule has 24 heavy (non-hydrogen) atoms. The number of hydrogen-bond donors (Lipinski definition) is 2. The average molecular weight is 366 g/mol. The highest BCUT2D eigenvalue weighted by Crippen LogP contribution is 2.23. The van der Waals surface area contributed by atoms with Gasteiger partial charge in [-0.15, -0.1) is 0 Å². The molecule has 0 atom stereocenters. The van der Waals surface area contributed by atoms with Gasteiger partial charge in [-0.2, -0.15) is 5.10 Å². The molecule has 2 aromatic carbocycles. The predicted octanol–water partition coefficient (Wildman–Crippen LogP) is 3.09. The highest BCUT2D eigenvalue weighted by atomic mass is 35.5. The Morgan fingerprint density at radius 3 is 2.54 bits per heavy atom. The van der Waals surface area contributed by atoms with Crippen LogP contribution >= 0.6 is 23.2 Å². The average Bonchev–Trinajstić information content (AvgIpc) is 2.58. The molecule has 0 saturated heterocycles. The lowest BCUT2D eigenvalue weighted by Crippen LogP contribution is -2.32. The fourth-order valence-electron chi connectivity index (χ4n) is 1.74. The summed E-state index contributed by atoms with van der Waals surface area (Å²) in [5.74, 6) is -1.35. The first-order valence-electron chi connectivity index (χ1n) is 6.73. The van der Waals surface area contributed by atoms with E-state index in [0.717, 1.165) is 0 Å². The molecule has 0 aliphatic carbocycles. The van der Waals surface area contributed by atoms with Gasteiger partial charge in [0.2, 0.25) is 0 Å². The van der Waals surface area contributed by atoms with Gasteiger partial charge in [0.1, 0.15) is 5.75 Å². The second-order valence-electron chi connectivity index (χ2n) is 4.53. The third-order valence-electron chi connectivity index (χ3n) is 2.88. The van der Waals surface area contributed by atoms with Crippen LogP contribution in [0.5, 0.6) is 5.75 Å². The van der Waals surface area contributed by atoms with Crippen LogP contribution in [0.15, 0.2) is 47.6 Å². The maximum Gasteiger partial charge on any atom is 0.329 e. The van der Waals surface area contributed by atoms with E-state index in [4.69, 9.17) is 27.9 Å². The van der Waals surface area contributed by atoms with Crippen molar-refractivity contribution in [1.82, 2.24) is 5.43 Å². The third kappa shape index (κ3) is 4.71. The number of nitrogens with zero attached hydrogens (tertiary/aromatic N) is 1. The van der Waals surface area contributed by atoms with E-state index in [-0.39, 0.29) is 0 Å². The van der Waals surface area contributed by atoms with Crippen molar-refractivity contribution >= 4 is 46.9 Å². The number of benzene rings is 2. The molecule has 0 heterocycles. The van der Waals surface area contributed by atoms with Crippen LogP contribution in [0, 0.1) is 0 Å². The molecule has 0 radical (unpaired) electrons. The fourth-order valence-corrected chi connectivity index (χ4v) is 2.04. The summed E-state index contributed by atoms with van der Waals surface area (Å²) in [7, 11) is 1.46. The summed E-state index contributed by atoms with van der Waals surface area (Å²) in [6.07, 6.45) is 1.34. The summed E-state index contributed by atoms with van der Waals surface area (Å²) >= 11 is 11.7. The Labute approximate surface area is 148 Å². The number of rotatable bonds is 4. The number of anilines is 1. The minimum atomic E-state index is -0.919. The van der Waals surface area contributed by atoms with Crippen molar-refractivity contribution in [2.75, 3.05) is 12.4 Å². The Morgan fingerprint density at radius 2 is 1.83 bits per heavy atom. The van der Waals surface area contributed by atoms with Gasteiger partial charge in [0.05, 0.1) is 29.1 Å². The van der Waals surface area contributed by atoms with Crippen LogP contribution in [-0.2, 0) is 9.59 Å². The van der Waals surface area contributed by atoms with E-state index in [2.05, 4.69) is 15.8 Å². The van der Waals surface area contributed by atoms with Crippen LogP contribution in [0.2, 0.25) is 10.0 Å². The number of para-hydroxylation sites is 2. The number of carbonyl (C=O) groups is 2. The van der Waals surface area contributed by atoms with Gasteiger partial charge in [-0.25, -0.2) is 5.43 Å². The zero-order valence-electron chi connectivity index (χ0n) is 12.5. The Balaban J connectivity index is 1.95. The van der Waals surface area contributed by atoms with Gasteiger partial charge >= 0.3 is 11.8 Å². The van der Waals surface area contributed by atoms with Gasteiger partial charge in [0.15, 0.2) is 0 Å². The molecular formula is C16H13Cl2N3O3. The number of nitrogens with one attached hydrogen (secondary N) is 2. The summed E-state index contributed by atoms with van der Waals surface area (Å²) in [4.78, 5) is 23.6. The van der Waals surface area contributed by atoms with E-state index in [1.807, 2.05) is 0 Å². The monoisotopic (exact) mass is 365 g/mol. The molecule has 0 aromatic heterocycles. The zero-order chi connectivity index (χ0) is 17.5. The van der Waals surface area contributed by atoms with Crippen molar-refractivity contribution in [3.63, 3.8) is 0 Å². The Hall–Kier alpha value is -2.57. The molecule has 0 bridgehead atoms. The lowest BCUT2D eigenvalue weighted by Gasteiger charge is -2.08. The first kappa shape index (κ1) is 17.8. The summed E-state index contributed by atoms with van der Waals surface area (Å²) < 4.78 is 5.09. The smallest absolute Gasteiger partial charge is 0.329 e. The molecule has 0 fully saturated rings. The summed E-state index contributed by atoms with van der Waals surface area (Å²) in [5, 5.41) is 6.91. The van der Waals surface area contributed by atoms with Gasteiger partial charge in [-0.05, 0) is 29.8 Å². The number of hydrogen-bond acceptors (Lipinski definition) is 4. The van der Waals surface area contributed by atoms with Gasteiger partial charge in [0, 0.05) is 0 Å². The quantitative estimate of drug-likeness (QED) is 0.496. The van der Waals surface area contributed by atoms with Crippen molar-refractivity contribution in [1.29, 1.82) is 0 Å². The number of hydrazone groups is 1. The SMILES string of the molecule is COc1ccccc1NC(=O)C(=O)N/N=C/c1ccc(Cl)c(Cl)c1. The maximum absolute atomic E-state index is 11.8. The predicted molar refractivity (Wildman–Crippen MR) is 93.8 cm³/mol. The number of halogens is 2. The minimum absolute atomic E-state index is 0.362. The molecule has 2 rings (SSSR count). The van der Waals surface area contributed by atoms with E-state index in [0.29, 0.717) is 27.0 Å². The van der Waals surface area contributed by atoms with Gasteiger partial charge in [0.25, 0.3) is 0 Å². The molecule has 0 aliphatic heterocycles.